The van der Waals surface area contributed by atoms with Crippen LogP contribution in [-0.2, 0) is 7.05 Å². The van der Waals surface area contributed by atoms with Crippen LogP contribution >= 0.6 is 0 Å². The molecule has 0 radical (unpaired) electrons. The molecule has 0 spiro atoms. The molecule has 1 aromatic carbocycles. The number of hydrogen-bond acceptors (Lipinski definition) is 5. The Labute approximate surface area is 114 Å². The van der Waals surface area contributed by atoms with Gasteiger partial charge in [0.1, 0.15) is 11.7 Å². The summed E-state index contributed by atoms with van der Waals surface area (Å²) in [7, 11) is 1.80. The SMILES string of the molecule is Cn1c(Nc2ccccc2)nc2cc([N+](=O)[O-])cnc21. The Balaban J connectivity index is 2.04. The molecule has 1 N–H and O–H groups in total. The predicted octanol–water partition coefficient (Wildman–Crippen LogP) is 2.62. The summed E-state index contributed by atoms with van der Waals surface area (Å²) in [5, 5.41) is 13.9. The van der Waals surface area contributed by atoms with Crippen molar-refractivity contribution in [2.75, 3.05) is 5.32 Å². The number of pyridine rings is 1. The highest BCUT2D eigenvalue weighted by Gasteiger charge is 2.13. The molecule has 0 unspecified atom stereocenters. The first-order valence-corrected chi connectivity index (χ1v) is 5.94. The van der Waals surface area contributed by atoms with Gasteiger partial charge in [0.05, 0.1) is 4.92 Å². The van der Waals surface area contributed by atoms with Crippen molar-refractivity contribution in [2.45, 2.75) is 0 Å². The number of nitrogens with one attached hydrogen (secondary N) is 1. The second-order valence-electron chi connectivity index (χ2n) is 4.28. The number of nitrogens with zero attached hydrogens (tertiary/aromatic N) is 4. The zero-order chi connectivity index (χ0) is 14.1. The third kappa shape index (κ3) is 2.05. The van der Waals surface area contributed by atoms with E-state index in [9.17, 15) is 10.1 Å². The van der Waals surface area contributed by atoms with Crippen LogP contribution in [0.1, 0.15) is 0 Å². The van der Waals surface area contributed by atoms with Crippen molar-refractivity contribution in [1.29, 1.82) is 0 Å². The van der Waals surface area contributed by atoms with Crippen LogP contribution in [0.5, 0.6) is 0 Å². The standard InChI is InChI=1S/C13H11N5O2/c1-17-12-11(7-10(8-14-12)18(19)20)16-13(17)15-9-5-3-2-4-6-9/h2-8H,1H3,(H,15,16). The molecule has 3 aromatic rings. The number of para-hydroxylation sites is 1. The van der Waals surface area contributed by atoms with Crippen LogP contribution < -0.4 is 5.32 Å². The monoisotopic (exact) mass is 269 g/mol. The van der Waals surface area contributed by atoms with E-state index in [2.05, 4.69) is 15.3 Å². The number of imidazole rings is 1. The molecule has 100 valence electrons. The van der Waals surface area contributed by atoms with Crippen LogP contribution in [-0.4, -0.2) is 19.5 Å². The molecule has 0 aliphatic carbocycles. The number of nitro groups is 1. The summed E-state index contributed by atoms with van der Waals surface area (Å²) in [4.78, 5) is 18.7. The highest BCUT2D eigenvalue weighted by molar-refractivity contribution is 5.77. The molecule has 0 aliphatic heterocycles. The lowest BCUT2D eigenvalue weighted by molar-refractivity contribution is -0.385. The van der Waals surface area contributed by atoms with Gasteiger partial charge in [0, 0.05) is 18.8 Å². The second-order valence-corrected chi connectivity index (χ2v) is 4.28. The van der Waals surface area contributed by atoms with Gasteiger partial charge in [-0.25, -0.2) is 9.97 Å². The lowest BCUT2D eigenvalue weighted by Crippen LogP contribution is -1.99. The maximum Gasteiger partial charge on any atom is 0.289 e. The van der Waals surface area contributed by atoms with E-state index < -0.39 is 4.92 Å². The van der Waals surface area contributed by atoms with E-state index in [0.29, 0.717) is 17.1 Å². The molecule has 0 amide bonds. The van der Waals surface area contributed by atoms with Gasteiger partial charge in [0.2, 0.25) is 5.95 Å². The molecule has 2 aromatic heterocycles. The highest BCUT2D eigenvalue weighted by atomic mass is 16.6. The Morgan fingerprint density at radius 2 is 2.05 bits per heavy atom. The molecular weight excluding hydrogens is 258 g/mol. The van der Waals surface area contributed by atoms with E-state index in [1.165, 1.54) is 12.3 Å². The maximum atomic E-state index is 10.7. The van der Waals surface area contributed by atoms with Crippen molar-refractivity contribution in [3.8, 4) is 0 Å². The smallest absolute Gasteiger partial charge is 0.289 e. The third-order valence-electron chi connectivity index (χ3n) is 2.94. The molecule has 0 bridgehead atoms. The topological polar surface area (TPSA) is 85.9 Å². The largest absolute Gasteiger partial charge is 0.326 e. The van der Waals surface area contributed by atoms with Gasteiger partial charge in [-0.05, 0) is 12.1 Å². The molecule has 2 heterocycles. The number of rotatable bonds is 3. The molecule has 7 heteroatoms. The van der Waals surface area contributed by atoms with Crippen molar-refractivity contribution < 1.29 is 4.92 Å². The number of fused-ring (bicyclic) bond motifs is 1. The van der Waals surface area contributed by atoms with E-state index in [0.717, 1.165) is 5.69 Å². The van der Waals surface area contributed by atoms with E-state index in [-0.39, 0.29) is 5.69 Å². The summed E-state index contributed by atoms with van der Waals surface area (Å²) in [6.07, 6.45) is 1.23. The molecule has 0 aliphatic rings. The molecular formula is C13H11N5O2. The Hall–Kier alpha value is -2.96. The van der Waals surface area contributed by atoms with E-state index in [1.54, 1.807) is 11.6 Å². The van der Waals surface area contributed by atoms with Crippen molar-refractivity contribution in [1.82, 2.24) is 14.5 Å². The van der Waals surface area contributed by atoms with E-state index in [1.807, 2.05) is 30.3 Å². The van der Waals surface area contributed by atoms with Crippen LogP contribution in [0.3, 0.4) is 0 Å². The fourth-order valence-electron chi connectivity index (χ4n) is 1.93. The minimum Gasteiger partial charge on any atom is -0.326 e. The molecule has 0 fully saturated rings. The van der Waals surface area contributed by atoms with Gasteiger partial charge in [-0.15, -0.1) is 0 Å². The Bertz CT molecular complexity index is 782. The molecule has 20 heavy (non-hydrogen) atoms. The first kappa shape index (κ1) is 12.1. The van der Waals surface area contributed by atoms with Gasteiger partial charge in [-0.2, -0.15) is 0 Å². The predicted molar refractivity (Wildman–Crippen MR) is 74.9 cm³/mol. The number of benzene rings is 1. The summed E-state index contributed by atoms with van der Waals surface area (Å²) in [6, 6.07) is 11.0. The van der Waals surface area contributed by atoms with Gasteiger partial charge in [0.15, 0.2) is 5.65 Å². The quantitative estimate of drug-likeness (QED) is 0.583. The van der Waals surface area contributed by atoms with Crippen LogP contribution in [0.25, 0.3) is 11.2 Å². The Morgan fingerprint density at radius 3 is 2.75 bits per heavy atom. The normalized spacial score (nSPS) is 10.7. The number of aromatic nitrogens is 3. The summed E-state index contributed by atoms with van der Waals surface area (Å²) < 4.78 is 1.76. The summed E-state index contributed by atoms with van der Waals surface area (Å²) in [5.41, 5.74) is 1.90. The van der Waals surface area contributed by atoms with Gasteiger partial charge in [-0.1, -0.05) is 18.2 Å². The van der Waals surface area contributed by atoms with Crippen LogP contribution in [0.15, 0.2) is 42.6 Å². The van der Waals surface area contributed by atoms with Crippen molar-refractivity contribution in [3.05, 3.63) is 52.7 Å². The molecule has 0 atom stereocenters. The van der Waals surface area contributed by atoms with Crippen molar-refractivity contribution >= 4 is 28.5 Å². The first-order valence-electron chi connectivity index (χ1n) is 5.94. The Kier molecular flexibility index (Phi) is 2.79. The molecule has 0 saturated carbocycles. The zero-order valence-corrected chi connectivity index (χ0v) is 10.6. The zero-order valence-electron chi connectivity index (χ0n) is 10.6. The number of aryl methyl sites for hydroxylation is 1. The summed E-state index contributed by atoms with van der Waals surface area (Å²) in [6.45, 7) is 0. The minimum atomic E-state index is -0.481. The molecule has 0 saturated heterocycles. The van der Waals surface area contributed by atoms with E-state index >= 15 is 0 Å². The second kappa shape index (κ2) is 4.61. The van der Waals surface area contributed by atoms with Crippen molar-refractivity contribution in [2.24, 2.45) is 7.05 Å². The summed E-state index contributed by atoms with van der Waals surface area (Å²) >= 11 is 0. The Morgan fingerprint density at radius 1 is 1.30 bits per heavy atom. The van der Waals surface area contributed by atoms with Gasteiger partial charge in [0.25, 0.3) is 5.69 Å². The average molecular weight is 269 g/mol. The highest BCUT2D eigenvalue weighted by Crippen LogP contribution is 2.22. The van der Waals surface area contributed by atoms with Crippen LogP contribution in [0.2, 0.25) is 0 Å². The summed E-state index contributed by atoms with van der Waals surface area (Å²) in [5.74, 6) is 0.583. The maximum absolute atomic E-state index is 10.7. The van der Waals surface area contributed by atoms with E-state index in [4.69, 9.17) is 0 Å². The average Bonchev–Trinajstić information content (AvgIpc) is 2.76. The number of anilines is 2. The van der Waals surface area contributed by atoms with Gasteiger partial charge >= 0.3 is 0 Å². The van der Waals surface area contributed by atoms with Gasteiger partial charge < -0.3 is 5.32 Å². The van der Waals surface area contributed by atoms with Gasteiger partial charge in [-0.3, -0.25) is 14.7 Å². The third-order valence-corrected chi connectivity index (χ3v) is 2.94. The van der Waals surface area contributed by atoms with Crippen LogP contribution in [0, 0.1) is 10.1 Å². The minimum absolute atomic E-state index is 0.0677. The number of hydrogen-bond donors (Lipinski definition) is 1. The van der Waals surface area contributed by atoms with Crippen molar-refractivity contribution in [3.63, 3.8) is 0 Å². The fraction of sp³-hybridized carbons (Fsp3) is 0.0769. The lowest BCUT2D eigenvalue weighted by Gasteiger charge is -2.04. The fourth-order valence-corrected chi connectivity index (χ4v) is 1.93. The molecule has 7 nitrogen and oxygen atoms in total. The molecule has 3 rings (SSSR count). The van der Waals surface area contributed by atoms with Crippen LogP contribution in [0.4, 0.5) is 17.3 Å². The lowest BCUT2D eigenvalue weighted by atomic mass is 10.3. The first-order chi connectivity index (χ1) is 9.65.